The van der Waals surface area contributed by atoms with Crippen molar-refractivity contribution in [2.75, 3.05) is 18.4 Å². The molecule has 18 heavy (non-hydrogen) atoms. The van der Waals surface area contributed by atoms with Gasteiger partial charge in [-0.1, -0.05) is 0 Å². The first-order chi connectivity index (χ1) is 8.56. The number of anilines is 1. The summed E-state index contributed by atoms with van der Waals surface area (Å²) < 4.78 is 13.4. The van der Waals surface area contributed by atoms with Gasteiger partial charge in [-0.25, -0.2) is 4.39 Å². The SMILES string of the molecule is NC(=O)c1ccc(F)c(NC(=O)CC2CNC2)c1. The van der Waals surface area contributed by atoms with E-state index in [1.54, 1.807) is 0 Å². The Kier molecular flexibility index (Phi) is 3.57. The van der Waals surface area contributed by atoms with Gasteiger partial charge in [0.05, 0.1) is 5.69 Å². The molecule has 0 spiro atoms. The van der Waals surface area contributed by atoms with Crippen LogP contribution in [-0.4, -0.2) is 24.9 Å². The van der Waals surface area contributed by atoms with Crippen LogP contribution in [0.1, 0.15) is 16.8 Å². The van der Waals surface area contributed by atoms with Crippen LogP contribution in [0.5, 0.6) is 0 Å². The number of primary amides is 1. The minimum absolute atomic E-state index is 0.0106. The number of hydrogen-bond donors (Lipinski definition) is 3. The van der Waals surface area contributed by atoms with E-state index >= 15 is 0 Å². The molecule has 0 atom stereocenters. The molecular formula is C12H14FN3O2. The number of hydrogen-bond acceptors (Lipinski definition) is 3. The van der Waals surface area contributed by atoms with Gasteiger partial charge in [0, 0.05) is 12.0 Å². The zero-order valence-corrected chi connectivity index (χ0v) is 9.70. The molecule has 1 aromatic carbocycles. The Morgan fingerprint density at radius 3 is 2.72 bits per heavy atom. The van der Waals surface area contributed by atoms with E-state index in [9.17, 15) is 14.0 Å². The number of benzene rings is 1. The topological polar surface area (TPSA) is 84.2 Å². The first-order valence-electron chi connectivity index (χ1n) is 5.66. The molecule has 96 valence electrons. The van der Waals surface area contributed by atoms with Crippen LogP contribution in [0.3, 0.4) is 0 Å². The van der Waals surface area contributed by atoms with Crippen LogP contribution in [0, 0.1) is 11.7 Å². The zero-order valence-electron chi connectivity index (χ0n) is 9.70. The van der Waals surface area contributed by atoms with E-state index in [1.807, 2.05) is 0 Å². The fourth-order valence-electron chi connectivity index (χ4n) is 1.73. The number of amides is 2. The minimum Gasteiger partial charge on any atom is -0.366 e. The lowest BCUT2D eigenvalue weighted by Crippen LogP contribution is -2.43. The van der Waals surface area contributed by atoms with Gasteiger partial charge >= 0.3 is 0 Å². The zero-order chi connectivity index (χ0) is 13.1. The van der Waals surface area contributed by atoms with E-state index in [2.05, 4.69) is 10.6 Å². The van der Waals surface area contributed by atoms with Gasteiger partial charge in [-0.05, 0) is 37.2 Å². The fraction of sp³-hybridized carbons (Fsp3) is 0.333. The highest BCUT2D eigenvalue weighted by Crippen LogP contribution is 2.17. The summed E-state index contributed by atoms with van der Waals surface area (Å²) in [5.41, 5.74) is 5.25. The third-order valence-electron chi connectivity index (χ3n) is 2.87. The number of halogens is 1. The molecule has 0 aromatic heterocycles. The molecule has 1 heterocycles. The second kappa shape index (κ2) is 5.14. The largest absolute Gasteiger partial charge is 0.366 e. The Hall–Kier alpha value is -1.95. The highest BCUT2D eigenvalue weighted by atomic mass is 19.1. The van der Waals surface area contributed by atoms with Crippen LogP contribution < -0.4 is 16.4 Å². The Balaban J connectivity index is 2.04. The number of nitrogens with one attached hydrogen (secondary N) is 2. The predicted octanol–water partition coefficient (Wildman–Crippen LogP) is 0.473. The van der Waals surface area contributed by atoms with E-state index in [4.69, 9.17) is 5.73 Å². The lowest BCUT2D eigenvalue weighted by atomic mass is 9.99. The number of carbonyl (C=O) groups is 2. The average Bonchev–Trinajstić information content (AvgIpc) is 2.26. The summed E-state index contributed by atoms with van der Waals surface area (Å²) in [7, 11) is 0. The second-order valence-electron chi connectivity index (χ2n) is 4.34. The highest BCUT2D eigenvalue weighted by Gasteiger charge is 2.20. The second-order valence-corrected chi connectivity index (χ2v) is 4.34. The summed E-state index contributed by atoms with van der Waals surface area (Å²) in [4.78, 5) is 22.6. The third-order valence-corrected chi connectivity index (χ3v) is 2.87. The van der Waals surface area contributed by atoms with Crippen LogP contribution in [0.15, 0.2) is 18.2 Å². The molecule has 0 bridgehead atoms. The van der Waals surface area contributed by atoms with E-state index < -0.39 is 11.7 Å². The van der Waals surface area contributed by atoms with Crippen molar-refractivity contribution in [1.29, 1.82) is 0 Å². The molecule has 5 nitrogen and oxygen atoms in total. The Labute approximate surface area is 104 Å². The van der Waals surface area contributed by atoms with Crippen LogP contribution >= 0.6 is 0 Å². The van der Waals surface area contributed by atoms with Crippen LogP contribution in [-0.2, 0) is 4.79 Å². The molecule has 0 saturated carbocycles. The smallest absolute Gasteiger partial charge is 0.248 e. The van der Waals surface area contributed by atoms with Gasteiger partial charge in [0.15, 0.2) is 0 Å². The van der Waals surface area contributed by atoms with Crippen LogP contribution in [0.4, 0.5) is 10.1 Å². The average molecular weight is 251 g/mol. The summed E-state index contributed by atoms with van der Waals surface area (Å²) in [5, 5.41) is 5.51. The Morgan fingerprint density at radius 2 is 2.17 bits per heavy atom. The molecule has 0 aliphatic carbocycles. The monoisotopic (exact) mass is 251 g/mol. The predicted molar refractivity (Wildman–Crippen MR) is 64.5 cm³/mol. The van der Waals surface area contributed by atoms with Crippen molar-refractivity contribution >= 4 is 17.5 Å². The number of carbonyl (C=O) groups excluding carboxylic acids is 2. The van der Waals surface area contributed by atoms with E-state index in [0.29, 0.717) is 12.3 Å². The van der Waals surface area contributed by atoms with Gasteiger partial charge in [0.1, 0.15) is 5.82 Å². The summed E-state index contributed by atoms with van der Waals surface area (Å²) in [6.07, 6.45) is 0.341. The van der Waals surface area contributed by atoms with E-state index in [-0.39, 0.29) is 17.2 Å². The maximum atomic E-state index is 13.4. The molecule has 1 aliphatic heterocycles. The summed E-state index contributed by atoms with van der Waals surface area (Å²) in [6.45, 7) is 1.61. The maximum absolute atomic E-state index is 13.4. The van der Waals surface area contributed by atoms with Crippen LogP contribution in [0.2, 0.25) is 0 Å². The maximum Gasteiger partial charge on any atom is 0.248 e. The molecule has 1 aliphatic rings. The third kappa shape index (κ3) is 2.84. The molecule has 1 fully saturated rings. The van der Waals surface area contributed by atoms with Crippen molar-refractivity contribution in [3.63, 3.8) is 0 Å². The highest BCUT2D eigenvalue weighted by molar-refractivity contribution is 5.96. The summed E-state index contributed by atoms with van der Waals surface area (Å²) >= 11 is 0. The van der Waals surface area contributed by atoms with Crippen molar-refractivity contribution in [3.8, 4) is 0 Å². The van der Waals surface area contributed by atoms with Crippen molar-refractivity contribution in [3.05, 3.63) is 29.6 Å². The molecule has 1 saturated heterocycles. The lowest BCUT2D eigenvalue weighted by Gasteiger charge is -2.26. The van der Waals surface area contributed by atoms with Crippen molar-refractivity contribution in [1.82, 2.24) is 5.32 Å². The van der Waals surface area contributed by atoms with Gasteiger partial charge in [0.2, 0.25) is 11.8 Å². The lowest BCUT2D eigenvalue weighted by molar-refractivity contribution is -0.117. The van der Waals surface area contributed by atoms with Crippen LogP contribution in [0.25, 0.3) is 0 Å². The Bertz CT molecular complexity index is 486. The molecule has 6 heteroatoms. The summed E-state index contributed by atoms with van der Waals surface area (Å²) in [6, 6.07) is 3.64. The van der Waals surface area contributed by atoms with Crippen molar-refractivity contribution < 1.29 is 14.0 Å². The standard InChI is InChI=1S/C12H14FN3O2/c13-9-2-1-8(12(14)18)4-10(9)16-11(17)3-7-5-15-6-7/h1-2,4,7,15H,3,5-6H2,(H2,14,18)(H,16,17). The molecular weight excluding hydrogens is 237 g/mol. The quantitative estimate of drug-likeness (QED) is 0.727. The summed E-state index contributed by atoms with van der Waals surface area (Å²) in [5.74, 6) is -1.21. The molecule has 2 rings (SSSR count). The van der Waals surface area contributed by atoms with E-state index in [0.717, 1.165) is 19.2 Å². The van der Waals surface area contributed by atoms with Crippen molar-refractivity contribution in [2.24, 2.45) is 11.7 Å². The Morgan fingerprint density at radius 1 is 1.44 bits per heavy atom. The first kappa shape index (κ1) is 12.5. The number of rotatable bonds is 4. The van der Waals surface area contributed by atoms with Gasteiger partial charge in [-0.3, -0.25) is 9.59 Å². The normalized spacial score (nSPS) is 14.9. The van der Waals surface area contributed by atoms with Gasteiger partial charge in [0.25, 0.3) is 0 Å². The number of nitrogens with two attached hydrogens (primary N) is 1. The fourth-order valence-corrected chi connectivity index (χ4v) is 1.73. The molecule has 4 N–H and O–H groups in total. The van der Waals surface area contributed by atoms with Crippen molar-refractivity contribution in [2.45, 2.75) is 6.42 Å². The molecule has 0 unspecified atom stereocenters. The van der Waals surface area contributed by atoms with Gasteiger partial charge < -0.3 is 16.4 Å². The van der Waals surface area contributed by atoms with Gasteiger partial charge in [-0.2, -0.15) is 0 Å². The molecule has 1 aromatic rings. The van der Waals surface area contributed by atoms with Gasteiger partial charge in [-0.15, -0.1) is 0 Å². The molecule has 2 amide bonds. The first-order valence-corrected chi connectivity index (χ1v) is 5.66. The minimum atomic E-state index is -0.659. The van der Waals surface area contributed by atoms with E-state index in [1.165, 1.54) is 12.1 Å². The molecule has 0 radical (unpaired) electrons.